The van der Waals surface area contributed by atoms with E-state index in [1.807, 2.05) is 44.0 Å². The van der Waals surface area contributed by atoms with Crippen molar-refractivity contribution in [2.75, 3.05) is 73.9 Å². The predicted octanol–water partition coefficient (Wildman–Crippen LogP) is 2.61. The van der Waals surface area contributed by atoms with Crippen LogP contribution in [0, 0.1) is 23.7 Å². The number of carboxylic acids is 1. The van der Waals surface area contributed by atoms with Crippen molar-refractivity contribution < 1.29 is 87.6 Å². The van der Waals surface area contributed by atoms with Crippen LogP contribution in [0.1, 0.15) is 105 Å². The first-order valence-corrected chi connectivity index (χ1v) is 31.7. The number of carbonyl (C=O) groups excluding carboxylic acids is 7. The molecule has 3 saturated heterocycles. The number of carboxylic acid groups (broad SMARTS) is 1. The number of benzene rings is 2. The van der Waals surface area contributed by atoms with E-state index in [1.165, 1.54) is 55.3 Å². The molecular weight excluding hydrogens is 1210 g/mol. The average Bonchev–Trinajstić information content (AvgIpc) is 1.09. The number of nitrogens with one attached hydrogen (secondary N) is 4. The van der Waals surface area contributed by atoms with Crippen molar-refractivity contribution in [1.82, 2.24) is 40.4 Å². The number of nitrogens with zero attached hydrogens (tertiary/aromatic N) is 5. The summed E-state index contributed by atoms with van der Waals surface area (Å²) in [5.74, 6) is -6.37. The molecule has 3 aliphatic rings. The van der Waals surface area contributed by atoms with Crippen LogP contribution in [0.15, 0.2) is 73.5 Å². The Balaban J connectivity index is 1.28. The number of likely N-dealkylation sites (tertiary alicyclic amines) is 2. The SMILES string of the molecule is C=CC(=O)N(C)C1(C(=C)NCCC(=O)Nc2cc(COC(=O)N(C)[C@H](C(=O)N[C@H](C(=O)N(C)[C@@H]([C@@H](C)CC)[C@@H](CC(=O)N3CCC[C@H]3[C@H](OC)[C@@H](C)C(=O)N[C@H](C)[C@@H](O)c3ccccc3)OC)C(C)C)C(C)C)ccc2O[C@@H]2O[C@H](C(=O)O)[C@@H](O)[C@H](O)[C@H]2O)CN(C)C1. The second-order valence-electron chi connectivity index (χ2n) is 25.5. The van der Waals surface area contributed by atoms with Gasteiger partial charge in [-0.1, -0.05) is 104 Å². The van der Waals surface area contributed by atoms with E-state index in [9.17, 15) is 63.9 Å². The highest BCUT2D eigenvalue weighted by molar-refractivity contribution is 5.93. The van der Waals surface area contributed by atoms with Gasteiger partial charge >= 0.3 is 12.1 Å². The van der Waals surface area contributed by atoms with Gasteiger partial charge in [0.1, 0.15) is 48.3 Å². The normalized spacial score (nSPS) is 22.4. The van der Waals surface area contributed by atoms with Gasteiger partial charge in [0.05, 0.1) is 54.5 Å². The zero-order chi connectivity index (χ0) is 69.5. The number of ether oxygens (including phenoxy) is 5. The topological polar surface area (TPSA) is 348 Å². The first-order valence-electron chi connectivity index (χ1n) is 31.7. The Morgan fingerprint density at radius 2 is 1.52 bits per heavy atom. The van der Waals surface area contributed by atoms with Gasteiger partial charge in [0.2, 0.25) is 41.7 Å². The number of aliphatic hydroxyl groups is 4. The zero-order valence-corrected chi connectivity index (χ0v) is 56.3. The molecule has 518 valence electrons. The minimum atomic E-state index is -2.01. The lowest BCUT2D eigenvalue weighted by molar-refractivity contribution is -0.271. The van der Waals surface area contributed by atoms with Gasteiger partial charge in [-0.3, -0.25) is 33.7 Å². The molecule has 0 aromatic heterocycles. The molecule has 3 aliphatic heterocycles. The molecule has 0 radical (unpaired) electrons. The lowest BCUT2D eigenvalue weighted by Gasteiger charge is -2.54. The number of methoxy groups -OCH3 is 2. The van der Waals surface area contributed by atoms with Crippen molar-refractivity contribution >= 4 is 53.2 Å². The Kier molecular flexibility index (Phi) is 28.2. The van der Waals surface area contributed by atoms with Crippen LogP contribution in [0.5, 0.6) is 5.75 Å². The molecule has 7 amide bonds. The maximum Gasteiger partial charge on any atom is 0.410 e. The highest BCUT2D eigenvalue weighted by Crippen LogP contribution is 2.35. The molecule has 0 aliphatic carbocycles. The minimum Gasteiger partial charge on any atom is -0.479 e. The molecule has 15 atom stereocenters. The van der Waals surface area contributed by atoms with Crippen LogP contribution in [0.3, 0.4) is 0 Å². The third-order valence-electron chi connectivity index (χ3n) is 18.3. The number of rotatable bonds is 33. The number of amides is 7. The lowest BCUT2D eigenvalue weighted by atomic mass is 9.85. The summed E-state index contributed by atoms with van der Waals surface area (Å²) in [4.78, 5) is 118. The van der Waals surface area contributed by atoms with Crippen molar-refractivity contribution in [3.8, 4) is 5.75 Å². The van der Waals surface area contributed by atoms with Crippen molar-refractivity contribution in [1.29, 1.82) is 0 Å². The molecule has 93 heavy (non-hydrogen) atoms. The number of aliphatic hydroxyl groups excluding tert-OH is 4. The third-order valence-corrected chi connectivity index (χ3v) is 18.3. The van der Waals surface area contributed by atoms with Crippen LogP contribution >= 0.6 is 0 Å². The van der Waals surface area contributed by atoms with E-state index in [2.05, 4.69) is 34.4 Å². The fraction of sp³-hybridized carbons (Fsp3) is 0.636. The van der Waals surface area contributed by atoms with Crippen molar-refractivity contribution in [2.45, 2.75) is 179 Å². The van der Waals surface area contributed by atoms with E-state index >= 15 is 0 Å². The van der Waals surface area contributed by atoms with E-state index in [0.717, 1.165) is 4.90 Å². The maximum atomic E-state index is 14.9. The van der Waals surface area contributed by atoms with Crippen LogP contribution in [0.2, 0.25) is 0 Å². The number of carbonyl (C=O) groups is 8. The van der Waals surface area contributed by atoms with Gasteiger partial charge in [0.15, 0.2) is 6.10 Å². The smallest absolute Gasteiger partial charge is 0.410 e. The molecule has 0 spiro atoms. The quantitative estimate of drug-likeness (QED) is 0.0464. The van der Waals surface area contributed by atoms with Crippen LogP contribution < -0.4 is 26.0 Å². The standard InChI is InChI=1S/C66H101N9O18/c1-17-38(7)53(47(89-15)32-50(78)75-30-22-25-45(75)58(90-16)39(8)60(83)68-40(9)54(79)43-23-20-19-21-24-43)72(12)62(85)51(36(3)4)70-61(84)52(37(5)6)73(13)65(88)91-33-42-26-27-46(92-64-57(82)55(80)56(81)59(93-64)63(86)87)44(31-42)69-48(76)28-29-67-41(10)66(34-71(11)35-66)74(14)49(77)18-2/h18-21,23-24,26-27,31,36-40,45,47,51-59,64,67,79-82H,2,10,17,22,25,28-30,32-35H2,1,3-9,11-16H3,(H,68,83)(H,69,76)(H,70,84)(H,86,87)/t38-,39+,40+,45-,47+,51-,52-,53-,54+,55-,56-,57+,58+,59-,64+/m0/s1. The Morgan fingerprint density at radius 1 is 0.860 bits per heavy atom. The Labute approximate surface area is 546 Å². The minimum absolute atomic E-state index is 0.0509. The molecular formula is C66H101N9O18. The molecule has 5 rings (SSSR count). The summed E-state index contributed by atoms with van der Waals surface area (Å²) in [7, 11) is 9.48. The second kappa shape index (κ2) is 34.3. The van der Waals surface area contributed by atoms with Gasteiger partial charge in [-0.2, -0.15) is 0 Å². The molecule has 0 unspecified atom stereocenters. The molecule has 0 bridgehead atoms. The third kappa shape index (κ3) is 18.6. The summed E-state index contributed by atoms with van der Waals surface area (Å²) in [5.41, 5.74) is 0.575. The zero-order valence-electron chi connectivity index (χ0n) is 56.3. The van der Waals surface area contributed by atoms with Crippen molar-refractivity contribution in [3.05, 3.63) is 84.6 Å². The highest BCUT2D eigenvalue weighted by atomic mass is 16.7. The summed E-state index contributed by atoms with van der Waals surface area (Å²) in [5, 5.41) is 64.0. The first kappa shape index (κ1) is 76.5. The number of aliphatic carboxylic acids is 1. The van der Waals surface area contributed by atoms with Gasteiger partial charge < -0.3 is 90.1 Å². The van der Waals surface area contributed by atoms with Crippen LogP contribution in [0.25, 0.3) is 0 Å². The fourth-order valence-corrected chi connectivity index (χ4v) is 12.6. The molecule has 3 fully saturated rings. The largest absolute Gasteiger partial charge is 0.479 e. The number of hydrogen-bond donors (Lipinski definition) is 9. The van der Waals surface area contributed by atoms with Gasteiger partial charge in [0.25, 0.3) is 0 Å². The van der Waals surface area contributed by atoms with Crippen molar-refractivity contribution in [3.63, 3.8) is 0 Å². The van der Waals surface area contributed by atoms with Crippen LogP contribution in [0.4, 0.5) is 10.5 Å². The molecule has 0 saturated carbocycles. The Bertz CT molecular complexity index is 2910. The fourth-order valence-electron chi connectivity index (χ4n) is 12.6. The summed E-state index contributed by atoms with van der Waals surface area (Å²) in [6.45, 7) is 23.0. The van der Waals surface area contributed by atoms with E-state index < -0.39 is 139 Å². The number of hydrogen-bond acceptors (Lipinski definition) is 19. The number of anilines is 1. The van der Waals surface area contributed by atoms with Crippen molar-refractivity contribution in [2.24, 2.45) is 23.7 Å². The lowest BCUT2D eigenvalue weighted by Crippen LogP contribution is -2.71. The molecule has 3 heterocycles. The van der Waals surface area contributed by atoms with E-state index in [-0.39, 0.29) is 60.0 Å². The van der Waals surface area contributed by atoms with Gasteiger partial charge in [-0.25, -0.2) is 9.59 Å². The maximum absolute atomic E-state index is 14.9. The summed E-state index contributed by atoms with van der Waals surface area (Å²) >= 11 is 0. The Morgan fingerprint density at radius 3 is 2.09 bits per heavy atom. The van der Waals surface area contributed by atoms with Crippen LogP contribution in [-0.2, 0) is 59.1 Å². The number of likely N-dealkylation sites (N-methyl/N-ethyl adjacent to an activating group) is 4. The van der Waals surface area contributed by atoms with Crippen LogP contribution in [-0.4, -0.2) is 245 Å². The first-order chi connectivity index (χ1) is 43.8. The molecule has 2 aromatic carbocycles. The summed E-state index contributed by atoms with van der Waals surface area (Å²) in [6, 6.07) is 9.09. The molecule has 9 N–H and O–H groups in total. The van der Waals surface area contributed by atoms with E-state index in [0.29, 0.717) is 50.2 Å². The second-order valence-corrected chi connectivity index (χ2v) is 25.5. The van der Waals surface area contributed by atoms with E-state index in [4.69, 9.17) is 23.7 Å². The monoisotopic (exact) mass is 1310 g/mol. The Hall–Kier alpha value is -7.24. The van der Waals surface area contributed by atoms with E-state index in [1.54, 1.807) is 72.7 Å². The van der Waals surface area contributed by atoms with Gasteiger partial charge in [-0.15, -0.1) is 0 Å². The summed E-state index contributed by atoms with van der Waals surface area (Å²) < 4.78 is 29.0. The predicted molar refractivity (Wildman–Crippen MR) is 343 cm³/mol. The molecule has 2 aromatic rings. The average molecular weight is 1310 g/mol. The highest BCUT2D eigenvalue weighted by Gasteiger charge is 2.50. The van der Waals surface area contributed by atoms with Gasteiger partial charge in [-0.05, 0) is 73.9 Å². The molecule has 27 nitrogen and oxygen atoms in total. The van der Waals surface area contributed by atoms with Gasteiger partial charge in [0, 0.05) is 73.7 Å². The molecule has 27 heteroatoms. The summed E-state index contributed by atoms with van der Waals surface area (Å²) in [6.07, 6.45) is -10.5.